The first-order chi connectivity index (χ1) is 12.2. The van der Waals surface area contributed by atoms with E-state index >= 15 is 0 Å². The van der Waals surface area contributed by atoms with Gasteiger partial charge in [-0.05, 0) is 26.3 Å². The number of nitrogens with two attached hydrogens (primary N) is 1. The minimum Gasteiger partial charge on any atom is -0.459 e. The number of amides is 1. The van der Waals surface area contributed by atoms with Crippen LogP contribution in [-0.4, -0.2) is 36.1 Å². The summed E-state index contributed by atoms with van der Waals surface area (Å²) in [6.07, 6.45) is 1.61. The number of hydrogen-bond donors (Lipinski definition) is 3. The third kappa shape index (κ3) is 4.72. The summed E-state index contributed by atoms with van der Waals surface area (Å²) >= 11 is 0. The van der Waals surface area contributed by atoms with Gasteiger partial charge in [-0.3, -0.25) is 9.59 Å². The number of nitrogens with zero attached hydrogens (tertiary/aromatic N) is 1. The molecule has 0 aliphatic rings. The predicted molar refractivity (Wildman–Crippen MR) is 102 cm³/mol. The fourth-order valence-corrected chi connectivity index (χ4v) is 2.47. The van der Waals surface area contributed by atoms with Gasteiger partial charge in [0.2, 0.25) is 0 Å². The number of carbonyl (C=O) groups excluding carboxylic acids is 2. The lowest BCUT2D eigenvalue weighted by molar-refractivity contribution is -0.153. The molecule has 1 heterocycles. The molecule has 1 aromatic heterocycles. The van der Waals surface area contributed by atoms with Gasteiger partial charge in [0.25, 0.3) is 5.91 Å². The highest BCUT2D eigenvalue weighted by atomic mass is 16.6. The lowest BCUT2D eigenvalue weighted by atomic mass is 10.0. The van der Waals surface area contributed by atoms with Crippen molar-refractivity contribution in [3.05, 3.63) is 42.1 Å². The Morgan fingerprint density at radius 2 is 1.85 bits per heavy atom. The number of rotatable bonds is 5. The van der Waals surface area contributed by atoms with Gasteiger partial charge in [-0.25, -0.2) is 4.98 Å². The second-order valence-corrected chi connectivity index (χ2v) is 6.69. The van der Waals surface area contributed by atoms with Crippen LogP contribution in [0.4, 0.5) is 11.5 Å². The van der Waals surface area contributed by atoms with Crippen LogP contribution in [0, 0.1) is 0 Å². The molecule has 0 unspecified atom stereocenters. The van der Waals surface area contributed by atoms with Crippen molar-refractivity contribution in [3.8, 4) is 11.1 Å². The van der Waals surface area contributed by atoms with Crippen molar-refractivity contribution < 1.29 is 14.3 Å². The first-order valence-corrected chi connectivity index (χ1v) is 8.24. The molecule has 7 heteroatoms. The summed E-state index contributed by atoms with van der Waals surface area (Å²) in [4.78, 5) is 28.6. The van der Waals surface area contributed by atoms with Gasteiger partial charge in [0.05, 0.1) is 5.69 Å². The normalized spacial score (nSPS) is 10.9. The van der Waals surface area contributed by atoms with Crippen molar-refractivity contribution >= 4 is 23.4 Å². The number of nitrogens with one attached hydrogen (secondary N) is 2. The van der Waals surface area contributed by atoms with Crippen LogP contribution in [0.25, 0.3) is 11.1 Å². The molecule has 0 spiro atoms. The topological polar surface area (TPSA) is 106 Å². The maximum atomic E-state index is 12.6. The maximum Gasteiger partial charge on any atom is 0.325 e. The van der Waals surface area contributed by atoms with Gasteiger partial charge in [-0.2, -0.15) is 0 Å². The molecular weight excluding hydrogens is 332 g/mol. The summed E-state index contributed by atoms with van der Waals surface area (Å²) in [5.74, 6) is -0.943. The van der Waals surface area contributed by atoms with Gasteiger partial charge < -0.3 is 21.1 Å². The molecule has 0 fully saturated rings. The van der Waals surface area contributed by atoms with E-state index in [1.807, 2.05) is 30.3 Å². The summed E-state index contributed by atoms with van der Waals surface area (Å²) in [5.41, 5.74) is 7.68. The minimum atomic E-state index is -0.619. The SMILES string of the molecule is CNc1c(-c2ccccc2)cnc(N)c1C(=O)NCC(=O)OC(C)(C)C. The van der Waals surface area contributed by atoms with E-state index < -0.39 is 17.5 Å². The monoisotopic (exact) mass is 356 g/mol. The number of aromatic nitrogens is 1. The van der Waals surface area contributed by atoms with Gasteiger partial charge in [-0.1, -0.05) is 30.3 Å². The van der Waals surface area contributed by atoms with E-state index in [9.17, 15) is 9.59 Å². The molecule has 1 amide bonds. The number of benzene rings is 1. The molecule has 0 bridgehead atoms. The molecule has 0 atom stereocenters. The van der Waals surface area contributed by atoms with Crippen LogP contribution in [0.3, 0.4) is 0 Å². The van der Waals surface area contributed by atoms with Gasteiger partial charge in [0.15, 0.2) is 0 Å². The van der Waals surface area contributed by atoms with Crippen LogP contribution < -0.4 is 16.4 Å². The Morgan fingerprint density at radius 1 is 1.19 bits per heavy atom. The molecule has 0 saturated carbocycles. The van der Waals surface area contributed by atoms with Gasteiger partial charge in [0, 0.05) is 18.8 Å². The van der Waals surface area contributed by atoms with Crippen LogP contribution in [0.2, 0.25) is 0 Å². The Bertz CT molecular complexity index is 798. The molecule has 1 aromatic carbocycles. The number of anilines is 2. The van der Waals surface area contributed by atoms with Crippen molar-refractivity contribution in [2.45, 2.75) is 26.4 Å². The molecular formula is C19H24N4O3. The molecule has 0 saturated heterocycles. The minimum absolute atomic E-state index is 0.0794. The first kappa shape index (κ1) is 19.2. The predicted octanol–water partition coefficient (Wildman–Crippen LogP) is 2.44. The molecule has 0 aliphatic heterocycles. The quantitative estimate of drug-likeness (QED) is 0.711. The number of ether oxygens (including phenoxy) is 1. The van der Waals surface area contributed by atoms with E-state index in [0.29, 0.717) is 5.69 Å². The summed E-state index contributed by atoms with van der Waals surface area (Å²) < 4.78 is 5.19. The van der Waals surface area contributed by atoms with Crippen molar-refractivity contribution in [1.82, 2.24) is 10.3 Å². The highest BCUT2D eigenvalue weighted by molar-refractivity contribution is 6.07. The second-order valence-electron chi connectivity index (χ2n) is 6.69. The zero-order valence-corrected chi connectivity index (χ0v) is 15.4. The van der Waals surface area contributed by atoms with E-state index in [1.54, 1.807) is 34.0 Å². The van der Waals surface area contributed by atoms with Crippen LogP contribution in [0.1, 0.15) is 31.1 Å². The summed E-state index contributed by atoms with van der Waals surface area (Å²) in [6, 6.07) is 9.52. The zero-order valence-electron chi connectivity index (χ0n) is 15.4. The standard InChI is InChI=1S/C19H24N4O3/c1-19(2,3)26-14(24)11-23-18(25)15-16(21-4)13(10-22-17(15)20)12-8-6-5-7-9-12/h5-10H,11H2,1-4H3,(H,23,25)(H3,20,21,22). The Hall–Kier alpha value is -3.09. The molecule has 4 N–H and O–H groups in total. The first-order valence-electron chi connectivity index (χ1n) is 8.24. The molecule has 0 radical (unpaired) electrons. The van der Waals surface area contributed by atoms with Crippen molar-refractivity contribution in [1.29, 1.82) is 0 Å². The van der Waals surface area contributed by atoms with Crippen molar-refractivity contribution in [2.75, 3.05) is 24.6 Å². The number of hydrogen-bond acceptors (Lipinski definition) is 6. The zero-order chi connectivity index (χ0) is 19.3. The van der Waals surface area contributed by atoms with Crippen molar-refractivity contribution in [2.24, 2.45) is 0 Å². The van der Waals surface area contributed by atoms with E-state index in [-0.39, 0.29) is 17.9 Å². The Morgan fingerprint density at radius 3 is 2.42 bits per heavy atom. The van der Waals surface area contributed by atoms with E-state index in [0.717, 1.165) is 11.1 Å². The van der Waals surface area contributed by atoms with Crippen LogP contribution in [-0.2, 0) is 9.53 Å². The molecule has 26 heavy (non-hydrogen) atoms. The average Bonchev–Trinajstić information content (AvgIpc) is 2.58. The van der Waals surface area contributed by atoms with Crippen LogP contribution in [0.15, 0.2) is 36.5 Å². The maximum absolute atomic E-state index is 12.6. The molecule has 2 aromatic rings. The number of pyridine rings is 1. The molecule has 0 aliphatic carbocycles. The largest absolute Gasteiger partial charge is 0.459 e. The second kappa shape index (κ2) is 7.86. The third-order valence-corrected chi connectivity index (χ3v) is 3.48. The van der Waals surface area contributed by atoms with Gasteiger partial charge >= 0.3 is 5.97 Å². The summed E-state index contributed by atoms with van der Waals surface area (Å²) in [6.45, 7) is 5.03. The number of esters is 1. The van der Waals surface area contributed by atoms with E-state index in [1.165, 1.54) is 0 Å². The molecule has 138 valence electrons. The Kier molecular flexibility index (Phi) is 5.82. The van der Waals surface area contributed by atoms with Crippen molar-refractivity contribution in [3.63, 3.8) is 0 Å². The van der Waals surface area contributed by atoms with E-state index in [2.05, 4.69) is 15.6 Å². The fraction of sp³-hybridized carbons (Fsp3) is 0.316. The van der Waals surface area contributed by atoms with Gasteiger partial charge in [-0.15, -0.1) is 0 Å². The average molecular weight is 356 g/mol. The lowest BCUT2D eigenvalue weighted by Gasteiger charge is -2.20. The van der Waals surface area contributed by atoms with Crippen LogP contribution in [0.5, 0.6) is 0 Å². The highest BCUT2D eigenvalue weighted by Gasteiger charge is 2.22. The number of carbonyl (C=O) groups is 2. The number of nitrogen functional groups attached to an aromatic ring is 1. The summed E-state index contributed by atoms with van der Waals surface area (Å²) in [7, 11) is 1.70. The summed E-state index contributed by atoms with van der Waals surface area (Å²) in [5, 5.41) is 5.56. The Labute approximate surface area is 153 Å². The van der Waals surface area contributed by atoms with E-state index in [4.69, 9.17) is 10.5 Å². The smallest absolute Gasteiger partial charge is 0.325 e. The lowest BCUT2D eigenvalue weighted by Crippen LogP contribution is -2.35. The Balaban J connectivity index is 2.28. The third-order valence-electron chi connectivity index (χ3n) is 3.48. The van der Waals surface area contributed by atoms with Gasteiger partial charge in [0.1, 0.15) is 23.5 Å². The fourth-order valence-electron chi connectivity index (χ4n) is 2.47. The molecule has 7 nitrogen and oxygen atoms in total. The highest BCUT2D eigenvalue weighted by Crippen LogP contribution is 2.32. The van der Waals surface area contributed by atoms with Crippen LogP contribution >= 0.6 is 0 Å². The molecule has 2 rings (SSSR count).